The second kappa shape index (κ2) is 9.21. The maximum absolute atomic E-state index is 13.3. The Kier molecular flexibility index (Phi) is 6.46. The predicted octanol–water partition coefficient (Wildman–Crippen LogP) is 3.03. The zero-order chi connectivity index (χ0) is 19.1. The third kappa shape index (κ3) is 4.48. The first-order chi connectivity index (χ1) is 13.2. The van der Waals surface area contributed by atoms with Crippen LogP contribution in [0, 0.1) is 0 Å². The summed E-state index contributed by atoms with van der Waals surface area (Å²) in [5.41, 5.74) is 2.78. The van der Waals surface area contributed by atoms with Crippen molar-refractivity contribution >= 4 is 16.8 Å². The topological polar surface area (TPSA) is 64.6 Å². The molecule has 140 valence electrons. The maximum Gasteiger partial charge on any atom is 0.254 e. The van der Waals surface area contributed by atoms with E-state index in [1.54, 1.807) is 25.3 Å². The molecule has 0 saturated carbocycles. The number of benzene rings is 1. The number of carbonyl (C=O) groups excluding carboxylic acids is 1. The van der Waals surface area contributed by atoms with Crippen LogP contribution in [0.2, 0.25) is 0 Å². The predicted molar refractivity (Wildman–Crippen MR) is 105 cm³/mol. The Morgan fingerprint density at radius 2 is 1.67 bits per heavy atom. The van der Waals surface area contributed by atoms with Crippen molar-refractivity contribution in [1.29, 1.82) is 0 Å². The lowest BCUT2D eigenvalue weighted by atomic mass is 10.0. The van der Waals surface area contributed by atoms with E-state index in [-0.39, 0.29) is 5.91 Å². The number of ether oxygens (including phenoxy) is 2. The summed E-state index contributed by atoms with van der Waals surface area (Å²) in [4.78, 5) is 24.1. The van der Waals surface area contributed by atoms with Gasteiger partial charge in [0.15, 0.2) is 0 Å². The van der Waals surface area contributed by atoms with Crippen LogP contribution in [0.5, 0.6) is 0 Å². The van der Waals surface area contributed by atoms with Crippen molar-refractivity contribution in [2.45, 2.75) is 0 Å². The summed E-state index contributed by atoms with van der Waals surface area (Å²) in [7, 11) is 3.25. The lowest BCUT2D eigenvalue weighted by Crippen LogP contribution is -2.36. The van der Waals surface area contributed by atoms with Gasteiger partial charge < -0.3 is 14.4 Å². The standard InChI is InChI=1S/C21H23N3O3/c1-26-13-11-24(12-14-27-2)21(25)17-15-20(19-9-5-6-10-22-19)23-18-8-4-3-7-16(17)18/h3-10,15H,11-14H2,1-2H3. The van der Waals surface area contributed by atoms with Crippen LogP contribution < -0.4 is 0 Å². The van der Waals surface area contributed by atoms with Crippen molar-refractivity contribution in [2.24, 2.45) is 0 Å². The number of amides is 1. The SMILES string of the molecule is COCCN(CCOC)C(=O)c1cc(-c2ccccn2)nc2ccccc12. The van der Waals surface area contributed by atoms with E-state index in [9.17, 15) is 4.79 Å². The molecule has 2 aromatic heterocycles. The van der Waals surface area contributed by atoms with E-state index in [4.69, 9.17) is 9.47 Å². The van der Waals surface area contributed by atoms with Gasteiger partial charge in [-0.05, 0) is 24.3 Å². The molecule has 1 aromatic carbocycles. The first kappa shape index (κ1) is 18.9. The summed E-state index contributed by atoms with van der Waals surface area (Å²) < 4.78 is 10.3. The highest BCUT2D eigenvalue weighted by atomic mass is 16.5. The number of nitrogens with zero attached hydrogens (tertiary/aromatic N) is 3. The smallest absolute Gasteiger partial charge is 0.254 e. The van der Waals surface area contributed by atoms with E-state index in [2.05, 4.69) is 9.97 Å². The van der Waals surface area contributed by atoms with Crippen LogP contribution in [-0.2, 0) is 9.47 Å². The van der Waals surface area contributed by atoms with Gasteiger partial charge in [-0.25, -0.2) is 4.98 Å². The quantitative estimate of drug-likeness (QED) is 0.614. The molecule has 0 atom stereocenters. The van der Waals surface area contributed by atoms with Crippen molar-refractivity contribution in [1.82, 2.24) is 14.9 Å². The molecule has 3 rings (SSSR count). The molecule has 0 unspecified atom stereocenters. The average molecular weight is 365 g/mol. The van der Waals surface area contributed by atoms with Crippen LogP contribution in [0.25, 0.3) is 22.3 Å². The third-order valence-corrected chi connectivity index (χ3v) is 4.29. The molecule has 0 fully saturated rings. The Bertz CT molecular complexity index is 892. The maximum atomic E-state index is 13.3. The summed E-state index contributed by atoms with van der Waals surface area (Å²) in [6.45, 7) is 1.92. The molecule has 0 aliphatic rings. The van der Waals surface area contributed by atoms with E-state index >= 15 is 0 Å². The van der Waals surface area contributed by atoms with Gasteiger partial charge in [0.05, 0.1) is 35.7 Å². The molecule has 6 nitrogen and oxygen atoms in total. The molecular weight excluding hydrogens is 342 g/mol. The van der Waals surface area contributed by atoms with Crippen LogP contribution in [0.15, 0.2) is 54.7 Å². The van der Waals surface area contributed by atoms with Crippen LogP contribution in [-0.4, -0.2) is 61.3 Å². The van der Waals surface area contributed by atoms with Crippen molar-refractivity contribution in [3.63, 3.8) is 0 Å². The molecule has 6 heteroatoms. The number of methoxy groups -OCH3 is 2. The van der Waals surface area contributed by atoms with E-state index in [0.29, 0.717) is 37.6 Å². The minimum Gasteiger partial charge on any atom is -0.383 e. The summed E-state index contributed by atoms with van der Waals surface area (Å²) in [6.07, 6.45) is 1.72. The Balaban J connectivity index is 2.06. The molecule has 0 aliphatic heterocycles. The van der Waals surface area contributed by atoms with Crippen LogP contribution >= 0.6 is 0 Å². The van der Waals surface area contributed by atoms with E-state index in [1.165, 1.54) is 0 Å². The number of hydrogen-bond donors (Lipinski definition) is 0. The van der Waals surface area contributed by atoms with Crippen molar-refractivity contribution in [3.05, 3.63) is 60.3 Å². The van der Waals surface area contributed by atoms with Gasteiger partial charge in [-0.3, -0.25) is 9.78 Å². The number of rotatable bonds is 8. The van der Waals surface area contributed by atoms with Crippen molar-refractivity contribution in [2.75, 3.05) is 40.5 Å². The van der Waals surface area contributed by atoms with Gasteiger partial charge in [0.2, 0.25) is 0 Å². The monoisotopic (exact) mass is 365 g/mol. The third-order valence-electron chi connectivity index (χ3n) is 4.29. The fourth-order valence-corrected chi connectivity index (χ4v) is 2.89. The van der Waals surface area contributed by atoms with Crippen molar-refractivity contribution < 1.29 is 14.3 Å². The molecular formula is C21H23N3O3. The largest absolute Gasteiger partial charge is 0.383 e. The molecule has 3 aromatic rings. The number of aromatic nitrogens is 2. The van der Waals surface area contributed by atoms with Gasteiger partial charge in [-0.15, -0.1) is 0 Å². The highest BCUT2D eigenvalue weighted by molar-refractivity contribution is 6.07. The Morgan fingerprint density at radius 1 is 0.963 bits per heavy atom. The average Bonchev–Trinajstić information content (AvgIpc) is 2.73. The molecule has 0 spiro atoms. The first-order valence-electron chi connectivity index (χ1n) is 8.83. The lowest BCUT2D eigenvalue weighted by molar-refractivity contribution is 0.0629. The fourth-order valence-electron chi connectivity index (χ4n) is 2.89. The minimum absolute atomic E-state index is 0.0696. The number of para-hydroxylation sites is 1. The van der Waals surface area contributed by atoms with Crippen LogP contribution in [0.4, 0.5) is 0 Å². The molecule has 0 N–H and O–H groups in total. The van der Waals surface area contributed by atoms with Gasteiger partial charge in [0, 0.05) is 38.9 Å². The Morgan fingerprint density at radius 3 is 2.33 bits per heavy atom. The molecule has 1 amide bonds. The molecule has 0 bridgehead atoms. The van der Waals surface area contributed by atoms with Crippen LogP contribution in [0.3, 0.4) is 0 Å². The molecule has 0 saturated heterocycles. The van der Waals surface area contributed by atoms with E-state index in [1.807, 2.05) is 48.5 Å². The Labute approximate surface area is 158 Å². The van der Waals surface area contributed by atoms with Gasteiger partial charge >= 0.3 is 0 Å². The van der Waals surface area contributed by atoms with Crippen molar-refractivity contribution in [3.8, 4) is 11.4 Å². The number of carbonyl (C=O) groups is 1. The minimum atomic E-state index is -0.0696. The number of pyridine rings is 2. The highest BCUT2D eigenvalue weighted by Crippen LogP contribution is 2.24. The van der Waals surface area contributed by atoms with E-state index in [0.717, 1.165) is 16.6 Å². The lowest BCUT2D eigenvalue weighted by Gasteiger charge is -2.23. The summed E-state index contributed by atoms with van der Waals surface area (Å²) in [5, 5.41) is 0.821. The van der Waals surface area contributed by atoms with Gasteiger partial charge in [-0.2, -0.15) is 0 Å². The second-order valence-electron chi connectivity index (χ2n) is 6.06. The summed E-state index contributed by atoms with van der Waals surface area (Å²) >= 11 is 0. The zero-order valence-corrected chi connectivity index (χ0v) is 15.6. The van der Waals surface area contributed by atoms with Crippen LogP contribution in [0.1, 0.15) is 10.4 Å². The highest BCUT2D eigenvalue weighted by Gasteiger charge is 2.20. The number of fused-ring (bicyclic) bond motifs is 1. The summed E-state index contributed by atoms with van der Waals surface area (Å²) in [5.74, 6) is -0.0696. The van der Waals surface area contributed by atoms with Gasteiger partial charge in [-0.1, -0.05) is 24.3 Å². The first-order valence-corrected chi connectivity index (χ1v) is 8.83. The van der Waals surface area contributed by atoms with E-state index < -0.39 is 0 Å². The summed E-state index contributed by atoms with van der Waals surface area (Å²) in [6, 6.07) is 15.1. The van der Waals surface area contributed by atoms with Gasteiger partial charge in [0.1, 0.15) is 0 Å². The molecule has 0 aliphatic carbocycles. The fraction of sp³-hybridized carbons (Fsp3) is 0.286. The molecule has 2 heterocycles. The molecule has 27 heavy (non-hydrogen) atoms. The second-order valence-corrected chi connectivity index (χ2v) is 6.06. The zero-order valence-electron chi connectivity index (χ0n) is 15.6. The molecule has 0 radical (unpaired) electrons. The normalized spacial score (nSPS) is 10.9. The van der Waals surface area contributed by atoms with Gasteiger partial charge in [0.25, 0.3) is 5.91 Å². The number of hydrogen-bond acceptors (Lipinski definition) is 5. The Hall–Kier alpha value is -2.83.